The Balaban J connectivity index is 1.72. The molecule has 0 radical (unpaired) electrons. The van der Waals surface area contributed by atoms with E-state index >= 15 is 0 Å². The highest BCUT2D eigenvalue weighted by Gasteiger charge is 2.50. The molecule has 0 bridgehead atoms. The van der Waals surface area contributed by atoms with Gasteiger partial charge in [0.25, 0.3) is 0 Å². The highest BCUT2D eigenvalue weighted by atomic mass is 79.9. The molecular weight excluding hydrogens is 352 g/mol. The molecule has 1 saturated carbocycles. The van der Waals surface area contributed by atoms with Gasteiger partial charge < -0.3 is 0 Å². The van der Waals surface area contributed by atoms with Crippen molar-refractivity contribution in [2.24, 2.45) is 0 Å². The molecule has 18 heavy (non-hydrogen) atoms. The van der Waals surface area contributed by atoms with E-state index < -0.39 is 0 Å². The van der Waals surface area contributed by atoms with Crippen molar-refractivity contribution in [3.8, 4) is 0 Å². The summed E-state index contributed by atoms with van der Waals surface area (Å²) in [7, 11) is 0. The zero-order chi connectivity index (χ0) is 12.6. The van der Waals surface area contributed by atoms with Crippen molar-refractivity contribution < 1.29 is 0 Å². The Morgan fingerprint density at radius 3 is 2.00 bits per heavy atom. The van der Waals surface area contributed by atoms with Crippen molar-refractivity contribution in [3.63, 3.8) is 0 Å². The molecule has 2 aromatic rings. The van der Waals surface area contributed by atoms with Crippen LogP contribution in [0.4, 0.5) is 0 Å². The summed E-state index contributed by atoms with van der Waals surface area (Å²) in [5.41, 5.74) is 4.16. The molecule has 2 heteroatoms. The van der Waals surface area contributed by atoms with Gasteiger partial charge in [0.1, 0.15) is 0 Å². The predicted molar refractivity (Wildman–Crippen MR) is 83.6 cm³/mol. The fourth-order valence-electron chi connectivity index (χ4n) is 2.27. The molecule has 1 fully saturated rings. The second-order valence-electron chi connectivity index (χ2n) is 4.92. The first-order valence-corrected chi connectivity index (χ1v) is 7.74. The lowest BCUT2D eigenvalue weighted by molar-refractivity contribution is 1.11. The number of benzene rings is 2. The van der Waals surface area contributed by atoms with Crippen LogP contribution in [0, 0.1) is 0 Å². The van der Waals surface area contributed by atoms with E-state index in [1.165, 1.54) is 23.1 Å². The van der Waals surface area contributed by atoms with Crippen LogP contribution in [0.3, 0.4) is 0 Å². The van der Waals surface area contributed by atoms with Crippen LogP contribution in [-0.2, 0) is 6.42 Å². The van der Waals surface area contributed by atoms with E-state index in [9.17, 15) is 0 Å². The van der Waals surface area contributed by atoms with Crippen LogP contribution in [0.5, 0.6) is 0 Å². The lowest BCUT2D eigenvalue weighted by atomic mass is 10.0. The van der Waals surface area contributed by atoms with Crippen LogP contribution < -0.4 is 0 Å². The van der Waals surface area contributed by atoms with Crippen molar-refractivity contribution in [2.75, 3.05) is 0 Å². The smallest absolute Gasteiger partial charge is 0.0720 e. The number of hydrogen-bond acceptors (Lipinski definition) is 0. The summed E-state index contributed by atoms with van der Waals surface area (Å²) in [6.45, 7) is 0. The topological polar surface area (TPSA) is 0 Å². The first-order valence-electron chi connectivity index (χ1n) is 6.16. The fourth-order valence-corrected chi connectivity index (χ4v) is 3.45. The molecule has 0 spiro atoms. The van der Waals surface area contributed by atoms with Gasteiger partial charge in [0.2, 0.25) is 0 Å². The lowest BCUT2D eigenvalue weighted by Gasteiger charge is -2.05. The molecule has 0 N–H and O–H groups in total. The summed E-state index contributed by atoms with van der Waals surface area (Å²) in [4.78, 5) is 0. The van der Waals surface area contributed by atoms with Crippen molar-refractivity contribution in [1.82, 2.24) is 0 Å². The van der Waals surface area contributed by atoms with E-state index in [1.807, 2.05) is 0 Å². The summed E-state index contributed by atoms with van der Waals surface area (Å²) in [6, 6.07) is 19.6. The van der Waals surface area contributed by atoms with Crippen molar-refractivity contribution >= 4 is 31.9 Å². The number of rotatable bonds is 3. The van der Waals surface area contributed by atoms with Crippen LogP contribution in [0.15, 0.2) is 54.6 Å². The van der Waals surface area contributed by atoms with Crippen molar-refractivity contribution in [3.05, 3.63) is 71.3 Å². The van der Waals surface area contributed by atoms with Crippen LogP contribution in [0.2, 0.25) is 0 Å². The molecule has 0 heterocycles. The third kappa shape index (κ3) is 2.70. The molecule has 1 unspecified atom stereocenters. The van der Waals surface area contributed by atoms with Crippen molar-refractivity contribution in [2.45, 2.75) is 22.0 Å². The highest BCUT2D eigenvalue weighted by Crippen LogP contribution is 2.62. The number of halogens is 2. The van der Waals surface area contributed by atoms with Gasteiger partial charge in [-0.3, -0.25) is 0 Å². The van der Waals surface area contributed by atoms with Gasteiger partial charge >= 0.3 is 0 Å². The van der Waals surface area contributed by atoms with Crippen LogP contribution in [0.1, 0.15) is 29.0 Å². The quantitative estimate of drug-likeness (QED) is 0.651. The van der Waals surface area contributed by atoms with Crippen molar-refractivity contribution in [1.29, 1.82) is 0 Å². The third-order valence-electron chi connectivity index (χ3n) is 3.46. The predicted octanol–water partition coefficient (Wildman–Crippen LogP) is 5.25. The minimum absolute atomic E-state index is 0.154. The molecular formula is C16H14Br2. The largest absolute Gasteiger partial charge is 0.0881 e. The number of alkyl halides is 2. The molecule has 2 aromatic carbocycles. The van der Waals surface area contributed by atoms with Gasteiger partial charge in [-0.05, 0) is 29.5 Å². The monoisotopic (exact) mass is 364 g/mol. The molecule has 0 saturated heterocycles. The second-order valence-corrected chi connectivity index (χ2v) is 8.82. The standard InChI is InChI=1S/C16H14Br2/c17-16(18)11-15(16)14-8-6-13(7-9-14)10-12-4-2-1-3-5-12/h1-9,15H,10-11H2. The normalized spacial score (nSPS) is 20.7. The lowest BCUT2D eigenvalue weighted by Crippen LogP contribution is -1.91. The van der Waals surface area contributed by atoms with Gasteiger partial charge in [-0.25, -0.2) is 0 Å². The maximum absolute atomic E-state index is 3.68. The van der Waals surface area contributed by atoms with E-state index in [-0.39, 0.29) is 3.23 Å². The zero-order valence-corrected chi connectivity index (χ0v) is 13.1. The van der Waals surface area contributed by atoms with Gasteiger partial charge in [0, 0.05) is 5.92 Å². The molecule has 1 atom stereocenters. The average Bonchev–Trinajstić information content (AvgIpc) is 3.01. The Morgan fingerprint density at radius 1 is 0.889 bits per heavy atom. The SMILES string of the molecule is BrC1(Br)CC1c1ccc(Cc2ccccc2)cc1. The zero-order valence-electron chi connectivity index (χ0n) is 9.94. The summed E-state index contributed by atoms with van der Waals surface area (Å²) >= 11 is 7.36. The summed E-state index contributed by atoms with van der Waals surface area (Å²) < 4.78 is 0.154. The highest BCUT2D eigenvalue weighted by molar-refractivity contribution is 9.25. The molecule has 0 amide bonds. The van der Waals surface area contributed by atoms with Gasteiger partial charge in [0.05, 0.1) is 3.23 Å². The second kappa shape index (κ2) is 4.82. The molecule has 0 nitrogen and oxygen atoms in total. The molecule has 0 aromatic heterocycles. The van der Waals surface area contributed by atoms with Gasteiger partial charge in [-0.2, -0.15) is 0 Å². The van der Waals surface area contributed by atoms with E-state index in [1.54, 1.807) is 0 Å². The van der Waals surface area contributed by atoms with Crippen LogP contribution in [-0.4, -0.2) is 3.23 Å². The Labute approximate surface area is 125 Å². The Hall–Kier alpha value is -0.600. The minimum Gasteiger partial charge on any atom is -0.0720 e. The van der Waals surface area contributed by atoms with E-state index in [4.69, 9.17) is 0 Å². The van der Waals surface area contributed by atoms with Crippen LogP contribution >= 0.6 is 31.9 Å². The maximum Gasteiger partial charge on any atom is 0.0881 e. The first kappa shape index (κ1) is 12.4. The summed E-state index contributed by atoms with van der Waals surface area (Å²) in [5.74, 6) is 0.614. The minimum atomic E-state index is 0.154. The van der Waals surface area contributed by atoms with E-state index in [0.29, 0.717) is 5.92 Å². The fraction of sp³-hybridized carbons (Fsp3) is 0.250. The molecule has 3 rings (SSSR count). The van der Waals surface area contributed by atoms with Gasteiger partial charge in [0.15, 0.2) is 0 Å². The van der Waals surface area contributed by atoms with Gasteiger partial charge in [-0.1, -0.05) is 86.5 Å². The van der Waals surface area contributed by atoms with E-state index in [2.05, 4.69) is 86.5 Å². The maximum atomic E-state index is 3.68. The summed E-state index contributed by atoms with van der Waals surface area (Å²) in [6.07, 6.45) is 2.19. The molecule has 92 valence electrons. The van der Waals surface area contributed by atoms with Crippen LogP contribution in [0.25, 0.3) is 0 Å². The summed E-state index contributed by atoms with van der Waals surface area (Å²) in [5, 5.41) is 0. The Morgan fingerprint density at radius 2 is 1.44 bits per heavy atom. The Kier molecular flexibility index (Phi) is 3.33. The number of hydrogen-bond donors (Lipinski definition) is 0. The van der Waals surface area contributed by atoms with E-state index in [0.717, 1.165) is 6.42 Å². The first-order chi connectivity index (χ1) is 8.65. The van der Waals surface area contributed by atoms with Gasteiger partial charge in [-0.15, -0.1) is 0 Å². The molecule has 1 aliphatic rings. The Bertz CT molecular complexity index is 529. The molecule has 1 aliphatic carbocycles. The third-order valence-corrected chi connectivity index (χ3v) is 5.21. The average molecular weight is 366 g/mol. The molecule has 0 aliphatic heterocycles.